The zero-order valence-corrected chi connectivity index (χ0v) is 11.1. The van der Waals surface area contributed by atoms with Gasteiger partial charge >= 0.3 is 0 Å². The largest absolute Gasteiger partial charge is 0.726 e. The van der Waals surface area contributed by atoms with Gasteiger partial charge in [-0.05, 0) is 12.8 Å². The van der Waals surface area contributed by atoms with E-state index in [0.717, 1.165) is 24.6 Å². The van der Waals surface area contributed by atoms with E-state index >= 15 is 0 Å². The van der Waals surface area contributed by atoms with Crippen molar-refractivity contribution in [1.82, 2.24) is 0 Å². The van der Waals surface area contributed by atoms with E-state index < -0.39 is 16.1 Å². The molecule has 0 saturated carbocycles. The number of hydrogen-bond donors (Lipinski definition) is 1. The van der Waals surface area contributed by atoms with Crippen LogP contribution in [0.2, 0.25) is 0 Å². The zero-order chi connectivity index (χ0) is 13.0. The maximum Gasteiger partial charge on any atom is 0.217 e. The molecule has 0 radical (unpaired) electrons. The molecule has 1 N–H and O–H groups in total. The molecule has 0 bridgehead atoms. The molecule has 1 atom stereocenters. The van der Waals surface area contributed by atoms with Crippen molar-refractivity contribution < 1.29 is 26.7 Å². The highest BCUT2D eigenvalue weighted by Gasteiger charge is 2.40. The standard InChI is InChI=1S/C8H18NO.CH4O4S/c1-8(10)6-4-5-7-9(8,2)3;1-5-6(2,3)4/h10H,4-7H2,1-3H3;1H3,(H,2,3,4)/q+1;/p-1. The number of quaternary nitrogens is 1. The van der Waals surface area contributed by atoms with Crippen LogP contribution in [0.5, 0.6) is 0 Å². The molecule has 0 aromatic carbocycles. The van der Waals surface area contributed by atoms with Gasteiger partial charge in [-0.1, -0.05) is 0 Å². The van der Waals surface area contributed by atoms with Gasteiger partial charge in [0, 0.05) is 13.3 Å². The molecule has 1 saturated heterocycles. The SMILES string of the molecule is CC1(O)CCCC[N+]1(C)C.COS(=O)(=O)[O-]. The molecule has 1 unspecified atom stereocenters. The van der Waals surface area contributed by atoms with E-state index in [1.54, 1.807) is 0 Å². The summed E-state index contributed by atoms with van der Waals surface area (Å²) in [6, 6.07) is 0. The quantitative estimate of drug-likeness (QED) is 0.406. The second-order valence-corrected chi connectivity index (χ2v) is 5.81. The maximum absolute atomic E-state index is 9.87. The summed E-state index contributed by atoms with van der Waals surface area (Å²) in [5, 5.41) is 9.87. The highest BCUT2D eigenvalue weighted by Crippen LogP contribution is 2.28. The summed E-state index contributed by atoms with van der Waals surface area (Å²) in [6.07, 6.45) is 3.37. The monoisotopic (exact) mass is 255 g/mol. The average Bonchev–Trinajstić information content (AvgIpc) is 2.10. The van der Waals surface area contributed by atoms with Crippen LogP contribution >= 0.6 is 0 Å². The van der Waals surface area contributed by atoms with Gasteiger partial charge in [0.05, 0.1) is 27.7 Å². The molecule has 0 aliphatic carbocycles. The average molecular weight is 255 g/mol. The Labute approximate surface area is 97.4 Å². The van der Waals surface area contributed by atoms with Crippen LogP contribution in [0.3, 0.4) is 0 Å². The second kappa shape index (κ2) is 5.42. The van der Waals surface area contributed by atoms with Crippen molar-refractivity contribution in [3.05, 3.63) is 0 Å². The third-order valence-corrected chi connectivity index (χ3v) is 3.53. The molecule has 0 amide bonds. The van der Waals surface area contributed by atoms with E-state index in [0.29, 0.717) is 0 Å². The molecule has 16 heavy (non-hydrogen) atoms. The van der Waals surface area contributed by atoms with Crippen LogP contribution in [0.1, 0.15) is 26.2 Å². The van der Waals surface area contributed by atoms with Crippen LogP contribution < -0.4 is 0 Å². The maximum atomic E-state index is 9.87. The van der Waals surface area contributed by atoms with E-state index in [9.17, 15) is 18.1 Å². The minimum absolute atomic E-state index is 0.488. The van der Waals surface area contributed by atoms with Crippen molar-refractivity contribution in [2.24, 2.45) is 0 Å². The summed E-state index contributed by atoms with van der Waals surface area (Å²) in [7, 11) is 0.589. The first-order chi connectivity index (χ1) is 7.02. The fraction of sp³-hybridized carbons (Fsp3) is 1.00. The van der Waals surface area contributed by atoms with Gasteiger partial charge in [-0.15, -0.1) is 0 Å². The molecular weight excluding hydrogens is 234 g/mol. The van der Waals surface area contributed by atoms with Crippen molar-refractivity contribution in [1.29, 1.82) is 0 Å². The molecule has 1 fully saturated rings. The lowest BCUT2D eigenvalue weighted by Crippen LogP contribution is -2.60. The lowest BCUT2D eigenvalue weighted by atomic mass is 9.98. The molecule has 0 aromatic heterocycles. The Kier molecular flexibility index (Phi) is 5.34. The fourth-order valence-corrected chi connectivity index (χ4v) is 1.51. The van der Waals surface area contributed by atoms with Crippen molar-refractivity contribution in [2.45, 2.75) is 31.9 Å². The third kappa shape index (κ3) is 5.22. The minimum Gasteiger partial charge on any atom is -0.726 e. The first-order valence-electron chi connectivity index (χ1n) is 5.09. The summed E-state index contributed by atoms with van der Waals surface area (Å²) < 4.78 is 31.8. The van der Waals surface area contributed by atoms with Crippen LogP contribution in [-0.4, -0.2) is 56.0 Å². The second-order valence-electron chi connectivity index (χ2n) is 4.66. The Hall–Kier alpha value is -0.210. The number of nitrogens with zero attached hydrogens (tertiary/aromatic N) is 1. The van der Waals surface area contributed by atoms with Crippen molar-refractivity contribution in [3.63, 3.8) is 0 Å². The van der Waals surface area contributed by atoms with E-state index in [1.807, 2.05) is 6.92 Å². The van der Waals surface area contributed by atoms with Gasteiger partial charge in [0.25, 0.3) is 0 Å². The highest BCUT2D eigenvalue weighted by molar-refractivity contribution is 7.80. The molecule has 98 valence electrons. The van der Waals surface area contributed by atoms with Gasteiger partial charge < -0.3 is 14.1 Å². The number of likely N-dealkylation sites (tertiary alicyclic amines) is 1. The van der Waals surface area contributed by atoms with Gasteiger partial charge in [0.1, 0.15) is 0 Å². The molecular formula is C9H21NO5S. The number of hydrogen-bond acceptors (Lipinski definition) is 5. The summed E-state index contributed by atoms with van der Waals surface area (Å²) in [4.78, 5) is 0. The van der Waals surface area contributed by atoms with E-state index in [2.05, 4.69) is 18.3 Å². The van der Waals surface area contributed by atoms with E-state index in [1.165, 1.54) is 12.8 Å². The third-order valence-electron chi connectivity index (χ3n) is 3.13. The molecule has 1 rings (SSSR count). The summed E-state index contributed by atoms with van der Waals surface area (Å²) in [6.45, 7) is 3.04. The molecule has 0 spiro atoms. The zero-order valence-electron chi connectivity index (χ0n) is 10.3. The molecule has 1 heterocycles. The van der Waals surface area contributed by atoms with Crippen molar-refractivity contribution >= 4 is 10.4 Å². The Bertz CT molecular complexity index is 294. The normalized spacial score (nSPS) is 29.1. The van der Waals surface area contributed by atoms with Gasteiger partial charge in [0.2, 0.25) is 10.4 Å². The van der Waals surface area contributed by atoms with Crippen LogP contribution in [0.25, 0.3) is 0 Å². The summed E-state index contributed by atoms with van der Waals surface area (Å²) in [5.74, 6) is 0. The number of rotatable bonds is 1. The molecule has 1 aliphatic heterocycles. The van der Waals surface area contributed by atoms with Crippen LogP contribution in [0.15, 0.2) is 0 Å². The van der Waals surface area contributed by atoms with Gasteiger partial charge in [0.15, 0.2) is 5.72 Å². The van der Waals surface area contributed by atoms with Crippen LogP contribution in [-0.2, 0) is 14.6 Å². The van der Waals surface area contributed by atoms with Gasteiger partial charge in [-0.3, -0.25) is 4.18 Å². The fourth-order valence-electron chi connectivity index (χ4n) is 1.51. The lowest BCUT2D eigenvalue weighted by molar-refractivity contribution is -0.970. The topological polar surface area (TPSA) is 86.7 Å². The van der Waals surface area contributed by atoms with E-state index in [-0.39, 0.29) is 0 Å². The van der Waals surface area contributed by atoms with Gasteiger partial charge in [-0.25, -0.2) is 8.42 Å². The lowest BCUT2D eigenvalue weighted by Gasteiger charge is -2.46. The van der Waals surface area contributed by atoms with Crippen molar-refractivity contribution in [2.75, 3.05) is 27.7 Å². The summed E-state index contributed by atoms with van der Waals surface area (Å²) >= 11 is 0. The highest BCUT2D eigenvalue weighted by atomic mass is 32.3. The van der Waals surface area contributed by atoms with Crippen LogP contribution in [0, 0.1) is 0 Å². The molecule has 0 aromatic rings. The first kappa shape index (κ1) is 15.8. The Balaban J connectivity index is 0.000000325. The van der Waals surface area contributed by atoms with Gasteiger partial charge in [-0.2, -0.15) is 0 Å². The van der Waals surface area contributed by atoms with Crippen molar-refractivity contribution in [3.8, 4) is 0 Å². The Morgan fingerprint density at radius 2 is 1.81 bits per heavy atom. The number of piperidine rings is 1. The van der Waals surface area contributed by atoms with Crippen LogP contribution in [0.4, 0.5) is 0 Å². The molecule has 7 heteroatoms. The summed E-state index contributed by atoms with van der Waals surface area (Å²) in [5.41, 5.74) is -0.488. The predicted octanol–water partition coefficient (Wildman–Crippen LogP) is 0.0482. The Morgan fingerprint density at radius 1 is 1.38 bits per heavy atom. The smallest absolute Gasteiger partial charge is 0.217 e. The predicted molar refractivity (Wildman–Crippen MR) is 58.2 cm³/mol. The van der Waals surface area contributed by atoms with E-state index in [4.69, 9.17) is 0 Å². The number of aliphatic hydroxyl groups is 1. The molecule has 6 nitrogen and oxygen atoms in total. The first-order valence-corrected chi connectivity index (χ1v) is 6.42. The minimum atomic E-state index is -4.41. The molecule has 1 aliphatic rings. The Morgan fingerprint density at radius 3 is 2.00 bits per heavy atom.